The van der Waals surface area contributed by atoms with Crippen LogP contribution in [-0.2, 0) is 0 Å². The maximum Gasteiger partial charge on any atom is 0.322 e. The molecule has 1 aromatic rings. The highest BCUT2D eigenvalue weighted by atomic mass is 35.5. The van der Waals surface area contributed by atoms with Crippen LogP contribution in [0.3, 0.4) is 0 Å². The second-order valence-corrected chi connectivity index (χ2v) is 5.41. The number of nitrogens with one attached hydrogen (secondary N) is 1. The predicted molar refractivity (Wildman–Crippen MR) is 75.1 cm³/mol. The van der Waals surface area contributed by atoms with Crippen LogP contribution in [0.5, 0.6) is 0 Å². The lowest BCUT2D eigenvalue weighted by Gasteiger charge is -2.38. The van der Waals surface area contributed by atoms with E-state index in [9.17, 15) is 4.79 Å². The molecule has 0 aromatic heterocycles. The molecule has 1 aliphatic heterocycles. The third-order valence-electron chi connectivity index (χ3n) is 3.52. The number of anilines is 1. The average molecular weight is 267 g/mol. The summed E-state index contributed by atoms with van der Waals surface area (Å²) in [4.78, 5) is 14.2. The summed E-state index contributed by atoms with van der Waals surface area (Å²) in [6.07, 6.45) is 3.36. The summed E-state index contributed by atoms with van der Waals surface area (Å²) in [7, 11) is 0. The fraction of sp³-hybridized carbons (Fsp3) is 0.500. The Bertz CT molecular complexity index is 408. The van der Waals surface area contributed by atoms with Crippen molar-refractivity contribution in [3.63, 3.8) is 0 Å². The molecular formula is C14H19ClN2O. The van der Waals surface area contributed by atoms with Gasteiger partial charge in [-0.25, -0.2) is 4.79 Å². The van der Waals surface area contributed by atoms with E-state index < -0.39 is 0 Å². The van der Waals surface area contributed by atoms with Crippen molar-refractivity contribution >= 4 is 23.3 Å². The highest BCUT2D eigenvalue weighted by molar-refractivity contribution is 6.30. The minimum Gasteiger partial charge on any atom is -0.319 e. The maximum absolute atomic E-state index is 12.3. The molecule has 0 bridgehead atoms. The number of benzene rings is 1. The number of nitrogens with zero attached hydrogens (tertiary/aromatic N) is 1. The molecule has 1 fully saturated rings. The van der Waals surface area contributed by atoms with Crippen molar-refractivity contribution in [3.05, 3.63) is 29.3 Å². The number of amides is 2. The van der Waals surface area contributed by atoms with Crippen molar-refractivity contribution < 1.29 is 4.79 Å². The van der Waals surface area contributed by atoms with E-state index >= 15 is 0 Å². The highest BCUT2D eigenvalue weighted by Crippen LogP contribution is 2.23. The minimum atomic E-state index is -0.0166. The fourth-order valence-corrected chi connectivity index (χ4v) is 2.67. The standard InChI is InChI=1S/C14H19ClN2O/c1-10-4-3-5-11(2)17(10)14(18)16-13-8-6-12(15)7-9-13/h6-11H,3-5H2,1-2H3,(H,16,18)/t10-,11-/m0/s1. The van der Waals surface area contributed by atoms with E-state index in [1.807, 2.05) is 17.0 Å². The van der Waals surface area contributed by atoms with Crippen LogP contribution < -0.4 is 5.32 Å². The number of hydrogen-bond donors (Lipinski definition) is 1. The Morgan fingerprint density at radius 3 is 2.33 bits per heavy atom. The molecule has 2 amide bonds. The largest absolute Gasteiger partial charge is 0.322 e. The summed E-state index contributed by atoms with van der Waals surface area (Å²) >= 11 is 5.82. The molecule has 98 valence electrons. The Kier molecular flexibility index (Phi) is 4.12. The van der Waals surface area contributed by atoms with E-state index in [2.05, 4.69) is 19.2 Å². The second kappa shape index (κ2) is 5.61. The molecule has 0 spiro atoms. The number of urea groups is 1. The van der Waals surface area contributed by atoms with Crippen molar-refractivity contribution in [2.75, 3.05) is 5.32 Å². The molecule has 2 rings (SSSR count). The summed E-state index contributed by atoms with van der Waals surface area (Å²) < 4.78 is 0. The van der Waals surface area contributed by atoms with E-state index in [4.69, 9.17) is 11.6 Å². The molecule has 1 aromatic carbocycles. The van der Waals surface area contributed by atoms with E-state index in [1.54, 1.807) is 12.1 Å². The lowest BCUT2D eigenvalue weighted by molar-refractivity contribution is 0.133. The number of rotatable bonds is 1. The van der Waals surface area contributed by atoms with Crippen LogP contribution in [0.4, 0.5) is 10.5 Å². The van der Waals surface area contributed by atoms with Crippen LogP contribution in [0.25, 0.3) is 0 Å². The van der Waals surface area contributed by atoms with Gasteiger partial charge in [0.15, 0.2) is 0 Å². The molecule has 18 heavy (non-hydrogen) atoms. The molecule has 4 heteroatoms. The smallest absolute Gasteiger partial charge is 0.319 e. The molecule has 0 saturated carbocycles. The van der Waals surface area contributed by atoms with Gasteiger partial charge in [0.2, 0.25) is 0 Å². The van der Waals surface area contributed by atoms with Gasteiger partial charge in [-0.3, -0.25) is 0 Å². The molecule has 2 atom stereocenters. The van der Waals surface area contributed by atoms with Crippen LogP contribution in [0.2, 0.25) is 5.02 Å². The van der Waals surface area contributed by atoms with Crippen molar-refractivity contribution in [2.45, 2.75) is 45.2 Å². The molecule has 3 nitrogen and oxygen atoms in total. The Labute approximate surface area is 113 Å². The molecule has 1 heterocycles. The first kappa shape index (κ1) is 13.2. The molecule has 1 N–H and O–H groups in total. The molecule has 1 saturated heterocycles. The van der Waals surface area contributed by atoms with Crippen LogP contribution in [0.1, 0.15) is 33.1 Å². The Balaban J connectivity index is 2.04. The van der Waals surface area contributed by atoms with Gasteiger partial charge in [0.05, 0.1) is 0 Å². The van der Waals surface area contributed by atoms with Crippen molar-refractivity contribution in [1.29, 1.82) is 0 Å². The van der Waals surface area contributed by atoms with E-state index in [0.717, 1.165) is 18.5 Å². The van der Waals surface area contributed by atoms with Gasteiger partial charge >= 0.3 is 6.03 Å². The zero-order valence-electron chi connectivity index (χ0n) is 10.8. The highest BCUT2D eigenvalue weighted by Gasteiger charge is 2.28. The predicted octanol–water partition coefficient (Wildman–Crippen LogP) is 4.13. The Morgan fingerprint density at radius 2 is 1.78 bits per heavy atom. The van der Waals surface area contributed by atoms with Crippen molar-refractivity contribution in [2.24, 2.45) is 0 Å². The number of likely N-dealkylation sites (tertiary alicyclic amines) is 1. The molecule has 0 aliphatic carbocycles. The van der Waals surface area contributed by atoms with Gasteiger partial charge in [0.1, 0.15) is 0 Å². The monoisotopic (exact) mass is 266 g/mol. The zero-order chi connectivity index (χ0) is 13.1. The van der Waals surface area contributed by atoms with Crippen LogP contribution in [0.15, 0.2) is 24.3 Å². The normalized spacial score (nSPS) is 23.8. The summed E-state index contributed by atoms with van der Waals surface area (Å²) in [5.41, 5.74) is 0.786. The first-order valence-electron chi connectivity index (χ1n) is 6.43. The molecular weight excluding hydrogens is 248 g/mol. The van der Waals surface area contributed by atoms with E-state index in [-0.39, 0.29) is 6.03 Å². The average Bonchev–Trinajstić information content (AvgIpc) is 2.32. The van der Waals surface area contributed by atoms with Gasteiger partial charge in [-0.05, 0) is 57.4 Å². The van der Waals surface area contributed by atoms with Crippen LogP contribution in [-0.4, -0.2) is 23.0 Å². The lowest BCUT2D eigenvalue weighted by Crippen LogP contribution is -2.49. The number of halogens is 1. The van der Waals surface area contributed by atoms with Gasteiger partial charge in [-0.1, -0.05) is 11.6 Å². The van der Waals surface area contributed by atoms with Crippen molar-refractivity contribution in [3.8, 4) is 0 Å². The molecule has 1 aliphatic rings. The van der Waals surface area contributed by atoms with Crippen LogP contribution in [0, 0.1) is 0 Å². The Morgan fingerprint density at radius 1 is 1.22 bits per heavy atom. The third-order valence-corrected chi connectivity index (χ3v) is 3.78. The second-order valence-electron chi connectivity index (χ2n) is 4.97. The SMILES string of the molecule is C[C@H]1CCC[C@H](C)N1C(=O)Nc1ccc(Cl)cc1. The topological polar surface area (TPSA) is 32.3 Å². The lowest BCUT2D eigenvalue weighted by atomic mass is 9.98. The quantitative estimate of drug-likeness (QED) is 0.814. The molecule has 0 radical (unpaired) electrons. The number of hydrogen-bond acceptors (Lipinski definition) is 1. The summed E-state index contributed by atoms with van der Waals surface area (Å²) in [6.45, 7) is 4.22. The van der Waals surface area contributed by atoms with Crippen molar-refractivity contribution in [1.82, 2.24) is 4.90 Å². The summed E-state index contributed by atoms with van der Waals surface area (Å²) in [5.74, 6) is 0. The zero-order valence-corrected chi connectivity index (χ0v) is 11.6. The maximum atomic E-state index is 12.3. The fourth-order valence-electron chi connectivity index (χ4n) is 2.54. The minimum absolute atomic E-state index is 0.0166. The number of carbonyl (C=O) groups excluding carboxylic acids is 1. The first-order chi connectivity index (χ1) is 8.58. The Hall–Kier alpha value is -1.22. The van der Waals surface area contributed by atoms with Gasteiger partial charge in [-0.15, -0.1) is 0 Å². The van der Waals surface area contributed by atoms with Gasteiger partial charge in [0, 0.05) is 22.8 Å². The summed E-state index contributed by atoms with van der Waals surface area (Å²) in [5, 5.41) is 3.60. The summed E-state index contributed by atoms with van der Waals surface area (Å²) in [6, 6.07) is 7.79. The number of carbonyl (C=O) groups is 1. The third kappa shape index (κ3) is 2.96. The van der Waals surface area contributed by atoms with Crippen LogP contribution >= 0.6 is 11.6 Å². The van der Waals surface area contributed by atoms with Gasteiger partial charge < -0.3 is 10.2 Å². The van der Waals surface area contributed by atoms with Gasteiger partial charge in [0.25, 0.3) is 0 Å². The first-order valence-corrected chi connectivity index (χ1v) is 6.80. The van der Waals surface area contributed by atoms with E-state index in [1.165, 1.54) is 6.42 Å². The number of piperidine rings is 1. The molecule has 0 unspecified atom stereocenters. The van der Waals surface area contributed by atoms with Gasteiger partial charge in [-0.2, -0.15) is 0 Å². The van der Waals surface area contributed by atoms with E-state index in [0.29, 0.717) is 17.1 Å².